The van der Waals surface area contributed by atoms with Crippen molar-refractivity contribution in [3.63, 3.8) is 0 Å². The monoisotopic (exact) mass is 226 g/mol. The average molecular weight is 226 g/mol. The summed E-state index contributed by atoms with van der Waals surface area (Å²) >= 11 is 9.36. The molecule has 1 aliphatic carbocycles. The molecular formula is C7H15PS3. The summed E-state index contributed by atoms with van der Waals surface area (Å²) in [7, 11) is 0. The van der Waals surface area contributed by atoms with Crippen LogP contribution in [0.4, 0.5) is 0 Å². The summed E-state index contributed by atoms with van der Waals surface area (Å²) in [6, 6.07) is 0. The standard InChI is InChI=1S/C7H15PS3/c9-8(10-5-6-11-8)7-3-1-2-4-7/h7-9H,1-6H2. The maximum absolute atomic E-state index is 4.94. The van der Waals surface area contributed by atoms with Gasteiger partial charge in [-0.1, -0.05) is 0 Å². The SMILES string of the molecule is S[PH]1(C2CCCC2)SCCS1. The van der Waals surface area contributed by atoms with E-state index in [-0.39, 0.29) is 0 Å². The molecule has 0 spiro atoms. The minimum atomic E-state index is -1.13. The first-order valence-electron chi connectivity index (χ1n) is 4.31. The molecule has 2 rings (SSSR count). The molecule has 1 saturated heterocycles. The van der Waals surface area contributed by atoms with E-state index in [2.05, 4.69) is 22.8 Å². The molecule has 0 aromatic rings. The Bertz CT molecular complexity index is 139. The molecule has 11 heavy (non-hydrogen) atoms. The predicted molar refractivity (Wildman–Crippen MR) is 64.5 cm³/mol. The summed E-state index contributed by atoms with van der Waals surface area (Å²) in [5.74, 6) is 2.74. The van der Waals surface area contributed by atoms with Crippen molar-refractivity contribution in [2.75, 3.05) is 11.5 Å². The fraction of sp³-hybridized carbons (Fsp3) is 1.00. The fourth-order valence-electron chi connectivity index (χ4n) is 1.94. The Hall–Kier alpha value is 1.48. The molecule has 0 aromatic carbocycles. The van der Waals surface area contributed by atoms with Gasteiger partial charge in [-0.15, -0.1) is 0 Å². The van der Waals surface area contributed by atoms with Crippen LogP contribution in [0.5, 0.6) is 0 Å². The van der Waals surface area contributed by atoms with Crippen LogP contribution in [0.25, 0.3) is 0 Å². The molecule has 0 N–H and O–H groups in total. The van der Waals surface area contributed by atoms with Crippen LogP contribution < -0.4 is 0 Å². The minimum absolute atomic E-state index is 1.03. The average Bonchev–Trinajstić information content (AvgIpc) is 2.55. The van der Waals surface area contributed by atoms with Crippen LogP contribution in [0, 0.1) is 0 Å². The van der Waals surface area contributed by atoms with Crippen LogP contribution in [0.15, 0.2) is 0 Å². The third-order valence-electron chi connectivity index (χ3n) is 2.57. The molecule has 1 aliphatic heterocycles. The van der Waals surface area contributed by atoms with Gasteiger partial charge in [-0.3, -0.25) is 0 Å². The zero-order valence-corrected chi connectivity index (χ0v) is 10.1. The first-order valence-corrected chi connectivity index (χ1v) is 11.1. The molecule has 1 saturated carbocycles. The zero-order valence-electron chi connectivity index (χ0n) is 6.58. The van der Waals surface area contributed by atoms with Gasteiger partial charge in [0, 0.05) is 0 Å². The van der Waals surface area contributed by atoms with Gasteiger partial charge in [0.05, 0.1) is 0 Å². The number of rotatable bonds is 1. The van der Waals surface area contributed by atoms with Crippen molar-refractivity contribution in [3.05, 3.63) is 0 Å². The van der Waals surface area contributed by atoms with Gasteiger partial charge >= 0.3 is 82.7 Å². The van der Waals surface area contributed by atoms with Gasteiger partial charge in [0.15, 0.2) is 0 Å². The summed E-state index contributed by atoms with van der Waals surface area (Å²) in [5, 5.41) is 0. The molecule has 0 unspecified atom stereocenters. The van der Waals surface area contributed by atoms with Crippen molar-refractivity contribution in [3.8, 4) is 0 Å². The molecule has 0 aromatic heterocycles. The molecule has 4 heteroatoms. The topological polar surface area (TPSA) is 0 Å². The summed E-state index contributed by atoms with van der Waals surface area (Å²) in [5.41, 5.74) is 1.03. The van der Waals surface area contributed by atoms with Gasteiger partial charge in [0.25, 0.3) is 0 Å². The van der Waals surface area contributed by atoms with Crippen LogP contribution in [-0.2, 0) is 0 Å². The molecule has 1 heterocycles. The summed E-state index contributed by atoms with van der Waals surface area (Å²) in [6.45, 7) is 0. The third kappa shape index (κ3) is 1.87. The quantitative estimate of drug-likeness (QED) is 0.533. The molecule has 0 bridgehead atoms. The summed E-state index contributed by atoms with van der Waals surface area (Å²) in [4.78, 5) is -1.13. The molecule has 0 radical (unpaired) electrons. The molecule has 66 valence electrons. The van der Waals surface area contributed by atoms with Crippen LogP contribution in [0.1, 0.15) is 25.7 Å². The fourth-order valence-corrected chi connectivity index (χ4v) is 15.9. The molecule has 0 atom stereocenters. The van der Waals surface area contributed by atoms with E-state index in [1.54, 1.807) is 0 Å². The Kier molecular flexibility index (Phi) is 3.04. The van der Waals surface area contributed by atoms with Crippen molar-refractivity contribution in [2.24, 2.45) is 0 Å². The van der Waals surface area contributed by atoms with Crippen molar-refractivity contribution >= 4 is 39.9 Å². The van der Waals surface area contributed by atoms with E-state index < -0.39 is 4.87 Å². The van der Waals surface area contributed by atoms with E-state index in [0.717, 1.165) is 5.66 Å². The molecule has 0 nitrogen and oxygen atoms in total. The van der Waals surface area contributed by atoms with Crippen LogP contribution in [0.2, 0.25) is 0 Å². The second kappa shape index (κ2) is 3.69. The van der Waals surface area contributed by atoms with E-state index in [0.29, 0.717) is 0 Å². The van der Waals surface area contributed by atoms with Gasteiger partial charge in [0.2, 0.25) is 0 Å². The Labute approximate surface area is 82.6 Å². The van der Waals surface area contributed by atoms with E-state index >= 15 is 0 Å². The number of hydrogen-bond acceptors (Lipinski definition) is 3. The maximum atomic E-state index is 4.94. The second-order valence-corrected chi connectivity index (χ2v) is 17.1. The van der Waals surface area contributed by atoms with Gasteiger partial charge < -0.3 is 0 Å². The molecular weight excluding hydrogens is 211 g/mol. The zero-order chi connectivity index (χ0) is 7.73. The summed E-state index contributed by atoms with van der Waals surface area (Å²) < 4.78 is 0. The Morgan fingerprint density at radius 2 is 1.64 bits per heavy atom. The molecule has 2 aliphatic rings. The van der Waals surface area contributed by atoms with E-state index in [1.165, 1.54) is 37.2 Å². The van der Waals surface area contributed by atoms with Crippen LogP contribution in [0.3, 0.4) is 0 Å². The normalized spacial score (nSPS) is 34.3. The first kappa shape index (κ1) is 9.05. The van der Waals surface area contributed by atoms with Gasteiger partial charge in [-0.25, -0.2) is 0 Å². The number of thiol groups is 1. The molecule has 0 amide bonds. The van der Waals surface area contributed by atoms with E-state index in [1.807, 2.05) is 0 Å². The van der Waals surface area contributed by atoms with Gasteiger partial charge in [0.1, 0.15) is 0 Å². The first-order chi connectivity index (χ1) is 5.31. The summed E-state index contributed by atoms with van der Waals surface area (Å²) in [6.07, 6.45) is 5.91. The predicted octanol–water partition coefficient (Wildman–Crippen LogP) is 3.83. The Morgan fingerprint density at radius 1 is 1.09 bits per heavy atom. The van der Waals surface area contributed by atoms with Crippen LogP contribution in [-0.4, -0.2) is 17.2 Å². The second-order valence-electron chi connectivity index (χ2n) is 3.31. The van der Waals surface area contributed by atoms with E-state index in [9.17, 15) is 0 Å². The Balaban J connectivity index is 2.00. The van der Waals surface area contributed by atoms with Crippen molar-refractivity contribution in [1.82, 2.24) is 0 Å². The van der Waals surface area contributed by atoms with Crippen molar-refractivity contribution in [2.45, 2.75) is 31.3 Å². The van der Waals surface area contributed by atoms with Gasteiger partial charge in [-0.2, -0.15) is 0 Å². The van der Waals surface area contributed by atoms with Crippen LogP contribution >= 0.6 is 39.9 Å². The van der Waals surface area contributed by atoms with Crippen molar-refractivity contribution < 1.29 is 0 Å². The Morgan fingerprint density at radius 3 is 2.18 bits per heavy atom. The third-order valence-corrected chi connectivity index (χ3v) is 17.3. The van der Waals surface area contributed by atoms with Gasteiger partial charge in [-0.05, 0) is 0 Å². The van der Waals surface area contributed by atoms with E-state index in [4.69, 9.17) is 12.2 Å². The van der Waals surface area contributed by atoms with Crippen molar-refractivity contribution in [1.29, 1.82) is 0 Å². The molecule has 2 fully saturated rings. The number of hydrogen-bond donors (Lipinski definition) is 1.